The van der Waals surface area contributed by atoms with Gasteiger partial charge in [-0.15, -0.1) is 0 Å². The molecule has 8 heteroatoms. The van der Waals surface area contributed by atoms with E-state index in [1.54, 1.807) is 12.1 Å². The minimum Gasteiger partial charge on any atom is -0.488 e. The molecule has 2 aliphatic rings. The molecule has 7 nitrogen and oxygen atoms in total. The molecule has 0 radical (unpaired) electrons. The lowest BCUT2D eigenvalue weighted by molar-refractivity contribution is -0.122. The number of hydrogen-bond donors (Lipinski definition) is 2. The third kappa shape index (κ3) is 5.55. The molecule has 0 amide bonds. The molecule has 1 aromatic carbocycles. The molecule has 0 spiro atoms. The number of benzene rings is 1. The first-order valence-electron chi connectivity index (χ1n) is 9.89. The summed E-state index contributed by atoms with van der Waals surface area (Å²) in [6.07, 6.45) is 2.78. The minimum atomic E-state index is -0.463. The maximum atomic E-state index is 13.0. The summed E-state index contributed by atoms with van der Waals surface area (Å²) in [6.45, 7) is 5.78. The minimum absolute atomic E-state index is 0.213. The molecular weight excluding hydrogens is 377 g/mol. The van der Waals surface area contributed by atoms with Gasteiger partial charge >= 0.3 is 0 Å². The summed E-state index contributed by atoms with van der Waals surface area (Å²) in [7, 11) is 0. The molecule has 29 heavy (non-hydrogen) atoms. The van der Waals surface area contributed by atoms with Crippen molar-refractivity contribution in [2.24, 2.45) is 11.8 Å². The van der Waals surface area contributed by atoms with E-state index in [-0.39, 0.29) is 18.4 Å². The van der Waals surface area contributed by atoms with Gasteiger partial charge in [0.1, 0.15) is 17.7 Å². The highest BCUT2D eigenvalue weighted by molar-refractivity contribution is 5.32. The van der Waals surface area contributed by atoms with Gasteiger partial charge < -0.3 is 19.8 Å². The number of rotatable bonds is 5. The van der Waals surface area contributed by atoms with Crippen LogP contribution in [0.5, 0.6) is 5.75 Å². The molecule has 0 unspecified atom stereocenters. The van der Waals surface area contributed by atoms with Gasteiger partial charge in [0.2, 0.25) is 0 Å². The number of likely N-dealkylation sites (tertiary alicyclic amines) is 1. The van der Waals surface area contributed by atoms with E-state index in [1.165, 1.54) is 17.8 Å². The first kappa shape index (κ1) is 21.3. The highest BCUT2D eigenvalue weighted by Gasteiger charge is 2.42. The van der Waals surface area contributed by atoms with Crippen LogP contribution in [0.3, 0.4) is 0 Å². The predicted octanol–water partition coefficient (Wildman–Crippen LogP) is 2.18. The Morgan fingerprint density at radius 1 is 1.17 bits per heavy atom. The number of carboxylic acid groups (broad SMARTS) is 1. The lowest BCUT2D eigenvalue weighted by atomic mass is 9.78. The summed E-state index contributed by atoms with van der Waals surface area (Å²) < 4.78 is 21.0. The first-order valence-corrected chi connectivity index (χ1v) is 9.89. The number of aromatic nitrogens is 2. The molecule has 2 fully saturated rings. The second-order valence-electron chi connectivity index (χ2n) is 7.73. The zero-order valence-electron chi connectivity index (χ0n) is 16.5. The summed E-state index contributed by atoms with van der Waals surface area (Å²) in [6, 6.07) is 8.06. The quantitative estimate of drug-likeness (QED) is 0.742. The van der Waals surface area contributed by atoms with Crippen LogP contribution in [0.15, 0.2) is 36.5 Å². The van der Waals surface area contributed by atoms with E-state index >= 15 is 0 Å². The van der Waals surface area contributed by atoms with Crippen molar-refractivity contribution in [1.82, 2.24) is 14.7 Å². The Morgan fingerprint density at radius 3 is 2.45 bits per heavy atom. The molecule has 1 saturated heterocycles. The van der Waals surface area contributed by atoms with Crippen LogP contribution in [-0.2, 0) is 11.3 Å². The second-order valence-corrected chi connectivity index (χ2v) is 7.73. The molecule has 2 heterocycles. The zero-order valence-corrected chi connectivity index (χ0v) is 16.5. The number of carbonyl (C=O) groups is 1. The van der Waals surface area contributed by atoms with Crippen LogP contribution < -0.4 is 4.74 Å². The van der Waals surface area contributed by atoms with Crippen LogP contribution in [-0.4, -0.2) is 63.2 Å². The van der Waals surface area contributed by atoms with Crippen molar-refractivity contribution >= 4 is 6.47 Å². The number of ether oxygens (including phenoxy) is 1. The fraction of sp³-hybridized carbons (Fsp3) is 0.524. The van der Waals surface area contributed by atoms with Crippen molar-refractivity contribution in [2.45, 2.75) is 38.5 Å². The lowest BCUT2D eigenvalue weighted by Crippen LogP contribution is -2.42. The first-order chi connectivity index (χ1) is 14.0. The SMILES string of the molecule is Cc1ccnn1CCN1C[C@H]2C[C@@H](Oc3ccc(F)cc3)[C@H](O)C[C@H]2C1.O=CO. The Balaban J connectivity index is 0.000000755. The standard InChI is InChI=1S/C20H26FN3O2.CH2O2/c1-14-6-7-22-24(14)9-8-23-12-15-10-19(25)20(11-16(15)13-23)26-18-4-2-17(21)3-5-18;2-1-3/h2-7,15-16,19-20,25H,8-13H2,1H3;1H,(H,2,3)/t15-,16+,19+,20+;/m0./s1. The molecule has 4 rings (SSSR count). The van der Waals surface area contributed by atoms with Gasteiger partial charge in [0.05, 0.1) is 12.6 Å². The number of nitrogens with zero attached hydrogens (tertiary/aromatic N) is 3. The Morgan fingerprint density at radius 2 is 1.83 bits per heavy atom. The second kappa shape index (κ2) is 9.84. The normalized spacial score (nSPS) is 26.3. The van der Waals surface area contributed by atoms with E-state index < -0.39 is 6.10 Å². The molecule has 1 saturated carbocycles. The van der Waals surface area contributed by atoms with Crippen LogP contribution in [0.25, 0.3) is 0 Å². The van der Waals surface area contributed by atoms with Crippen molar-refractivity contribution in [3.8, 4) is 5.75 Å². The van der Waals surface area contributed by atoms with Gasteiger partial charge in [-0.05, 0) is 61.9 Å². The van der Waals surface area contributed by atoms with Crippen molar-refractivity contribution in [3.63, 3.8) is 0 Å². The molecule has 4 atom stereocenters. The van der Waals surface area contributed by atoms with Crippen LogP contribution in [0.1, 0.15) is 18.5 Å². The topological polar surface area (TPSA) is 87.8 Å². The fourth-order valence-electron chi connectivity index (χ4n) is 4.35. The maximum absolute atomic E-state index is 13.0. The third-order valence-corrected chi connectivity index (χ3v) is 5.82. The summed E-state index contributed by atoms with van der Waals surface area (Å²) in [5.41, 5.74) is 1.18. The fourth-order valence-corrected chi connectivity index (χ4v) is 4.35. The van der Waals surface area contributed by atoms with Crippen molar-refractivity contribution in [2.75, 3.05) is 19.6 Å². The number of fused-ring (bicyclic) bond motifs is 1. The molecule has 1 aliphatic carbocycles. The van der Waals surface area contributed by atoms with Gasteiger partial charge in [0.25, 0.3) is 6.47 Å². The van der Waals surface area contributed by atoms with Crippen LogP contribution >= 0.6 is 0 Å². The number of halogens is 1. The van der Waals surface area contributed by atoms with Gasteiger partial charge in [-0.1, -0.05) is 0 Å². The Bertz CT molecular complexity index is 782. The summed E-state index contributed by atoms with van der Waals surface area (Å²) >= 11 is 0. The number of aliphatic hydroxyl groups is 1. The molecule has 1 aliphatic heterocycles. The van der Waals surface area contributed by atoms with E-state index in [4.69, 9.17) is 14.6 Å². The van der Waals surface area contributed by atoms with E-state index in [1.807, 2.05) is 16.9 Å². The van der Waals surface area contributed by atoms with Gasteiger partial charge in [-0.2, -0.15) is 5.10 Å². The van der Waals surface area contributed by atoms with E-state index in [0.29, 0.717) is 17.6 Å². The average molecular weight is 405 g/mol. The van der Waals surface area contributed by atoms with Crippen molar-refractivity contribution in [1.29, 1.82) is 0 Å². The van der Waals surface area contributed by atoms with Gasteiger partial charge in [-0.25, -0.2) is 4.39 Å². The van der Waals surface area contributed by atoms with Crippen molar-refractivity contribution in [3.05, 3.63) is 48.0 Å². The van der Waals surface area contributed by atoms with Crippen LogP contribution in [0.4, 0.5) is 4.39 Å². The molecule has 0 bridgehead atoms. The zero-order chi connectivity index (χ0) is 20.8. The number of hydrogen-bond acceptors (Lipinski definition) is 5. The van der Waals surface area contributed by atoms with Crippen LogP contribution in [0, 0.1) is 24.6 Å². The molecular formula is C21H28FN3O4. The summed E-state index contributed by atoms with van der Waals surface area (Å²) in [4.78, 5) is 10.8. The number of aryl methyl sites for hydroxylation is 1. The summed E-state index contributed by atoms with van der Waals surface area (Å²) in [5, 5.41) is 21.7. The Hall–Kier alpha value is -2.45. The molecule has 2 aromatic rings. The van der Waals surface area contributed by atoms with E-state index in [9.17, 15) is 9.50 Å². The van der Waals surface area contributed by atoms with Crippen LogP contribution in [0.2, 0.25) is 0 Å². The highest BCUT2D eigenvalue weighted by atomic mass is 19.1. The monoisotopic (exact) mass is 405 g/mol. The Labute approximate surface area is 169 Å². The van der Waals surface area contributed by atoms with Crippen molar-refractivity contribution < 1.29 is 24.1 Å². The molecule has 158 valence electrons. The smallest absolute Gasteiger partial charge is 0.290 e. The Kier molecular flexibility index (Phi) is 7.22. The third-order valence-electron chi connectivity index (χ3n) is 5.82. The maximum Gasteiger partial charge on any atom is 0.290 e. The van der Waals surface area contributed by atoms with Gasteiger partial charge in [-0.3, -0.25) is 9.48 Å². The van der Waals surface area contributed by atoms with E-state index in [2.05, 4.69) is 16.9 Å². The predicted molar refractivity (Wildman–Crippen MR) is 105 cm³/mol. The highest BCUT2D eigenvalue weighted by Crippen LogP contribution is 2.38. The summed E-state index contributed by atoms with van der Waals surface area (Å²) in [5.74, 6) is 1.41. The average Bonchev–Trinajstić information content (AvgIpc) is 3.28. The van der Waals surface area contributed by atoms with Gasteiger partial charge in [0, 0.05) is 31.5 Å². The molecule has 1 aromatic heterocycles. The van der Waals surface area contributed by atoms with E-state index in [0.717, 1.165) is 39.0 Å². The lowest BCUT2D eigenvalue weighted by Gasteiger charge is -2.35. The largest absolute Gasteiger partial charge is 0.488 e. The number of aliphatic hydroxyl groups excluding tert-OH is 1. The molecule has 2 N–H and O–H groups in total. The van der Waals surface area contributed by atoms with Gasteiger partial charge in [0.15, 0.2) is 0 Å².